The van der Waals surface area contributed by atoms with Crippen molar-refractivity contribution in [2.45, 2.75) is 26.3 Å². The van der Waals surface area contributed by atoms with Gasteiger partial charge >= 0.3 is 0 Å². The van der Waals surface area contributed by atoms with E-state index in [0.29, 0.717) is 11.0 Å². The van der Waals surface area contributed by atoms with E-state index < -0.39 is 0 Å². The van der Waals surface area contributed by atoms with Crippen LogP contribution in [-0.4, -0.2) is 33.6 Å². The lowest BCUT2D eigenvalue weighted by molar-refractivity contribution is -0.125. The van der Waals surface area contributed by atoms with Gasteiger partial charge in [-0.15, -0.1) is 0 Å². The Morgan fingerprint density at radius 3 is 2.95 bits per heavy atom. The minimum absolute atomic E-state index is 0.0388. The molecule has 3 rings (SSSR count). The molecule has 6 heteroatoms. The van der Waals surface area contributed by atoms with Gasteiger partial charge in [0.2, 0.25) is 0 Å². The summed E-state index contributed by atoms with van der Waals surface area (Å²) in [4.78, 5) is 23.6. The van der Waals surface area contributed by atoms with Gasteiger partial charge in [0.1, 0.15) is 11.9 Å². The van der Waals surface area contributed by atoms with Crippen LogP contribution in [0.1, 0.15) is 25.8 Å². The molecule has 0 N–H and O–H groups in total. The molecule has 1 aromatic rings. The van der Waals surface area contributed by atoms with Crippen LogP contribution in [0.4, 0.5) is 5.69 Å². The van der Waals surface area contributed by atoms with Gasteiger partial charge in [0, 0.05) is 5.56 Å². The van der Waals surface area contributed by atoms with E-state index in [1.54, 1.807) is 4.90 Å². The number of aliphatic imine (C=N–C) groups is 2. The van der Waals surface area contributed by atoms with Gasteiger partial charge in [0.05, 0.1) is 17.5 Å². The van der Waals surface area contributed by atoms with Gasteiger partial charge in [-0.25, -0.2) is 9.89 Å². The third kappa shape index (κ3) is 2.32. The highest BCUT2D eigenvalue weighted by Crippen LogP contribution is 2.35. The Morgan fingerprint density at radius 1 is 1.45 bits per heavy atom. The quantitative estimate of drug-likeness (QED) is 0.861. The molecule has 2 aliphatic heterocycles. The number of nitriles is 1. The van der Waals surface area contributed by atoms with Crippen LogP contribution >= 0.6 is 11.8 Å². The molecule has 0 aliphatic carbocycles. The van der Waals surface area contributed by atoms with Gasteiger partial charge in [-0.3, -0.25) is 9.79 Å². The fraction of sp³-hybridized carbons (Fsp3) is 0.375. The summed E-state index contributed by atoms with van der Waals surface area (Å²) in [6, 6.07) is 9.39. The van der Waals surface area contributed by atoms with Crippen molar-refractivity contribution in [2.75, 3.05) is 5.75 Å². The topological polar surface area (TPSA) is 68.8 Å². The largest absolute Gasteiger partial charge is 0.271 e. The summed E-state index contributed by atoms with van der Waals surface area (Å²) >= 11 is 1.28. The second kappa shape index (κ2) is 5.93. The summed E-state index contributed by atoms with van der Waals surface area (Å²) in [7, 11) is 0. The van der Waals surface area contributed by atoms with Crippen LogP contribution in [0.3, 0.4) is 0 Å². The lowest BCUT2D eigenvalue weighted by atomic mass is 10.00. The van der Waals surface area contributed by atoms with Crippen LogP contribution in [0.25, 0.3) is 0 Å². The van der Waals surface area contributed by atoms with Crippen molar-refractivity contribution in [3.63, 3.8) is 0 Å². The summed E-state index contributed by atoms with van der Waals surface area (Å²) in [5.41, 5.74) is 1.68. The van der Waals surface area contributed by atoms with Gasteiger partial charge in [-0.05, 0) is 18.1 Å². The number of thioether (sulfide) groups is 1. The van der Waals surface area contributed by atoms with Crippen molar-refractivity contribution >= 4 is 34.4 Å². The van der Waals surface area contributed by atoms with Gasteiger partial charge in [0.15, 0.2) is 5.17 Å². The highest BCUT2D eigenvalue weighted by molar-refractivity contribution is 8.14. The molecule has 2 atom stereocenters. The lowest BCUT2D eigenvalue weighted by Gasteiger charge is -2.25. The van der Waals surface area contributed by atoms with E-state index in [1.807, 2.05) is 31.2 Å². The third-order valence-electron chi connectivity index (χ3n) is 3.95. The van der Waals surface area contributed by atoms with Crippen LogP contribution < -0.4 is 0 Å². The Hall–Kier alpha value is -2.13. The SMILES string of the molecule is CCC(C)C1N=C2c3ccccc3N=C(SCC#N)N2C1=O. The number of rotatable bonds is 3. The third-order valence-corrected chi connectivity index (χ3v) is 4.75. The van der Waals surface area contributed by atoms with E-state index in [0.717, 1.165) is 17.7 Å². The zero-order valence-corrected chi connectivity index (χ0v) is 13.3. The Bertz CT molecular complexity index is 719. The number of carbonyl (C=O) groups is 1. The number of fused-ring (bicyclic) bond motifs is 3. The first-order valence-corrected chi connectivity index (χ1v) is 8.25. The molecule has 2 aliphatic rings. The van der Waals surface area contributed by atoms with Crippen molar-refractivity contribution in [1.82, 2.24) is 4.90 Å². The molecule has 22 heavy (non-hydrogen) atoms. The van der Waals surface area contributed by atoms with Crippen molar-refractivity contribution in [1.29, 1.82) is 5.26 Å². The van der Waals surface area contributed by atoms with Crippen LogP contribution in [0.2, 0.25) is 0 Å². The predicted molar refractivity (Wildman–Crippen MR) is 88.2 cm³/mol. The van der Waals surface area contributed by atoms with Gasteiger partial charge in [-0.2, -0.15) is 5.26 Å². The van der Waals surface area contributed by atoms with E-state index in [9.17, 15) is 4.79 Å². The standard InChI is InChI=1S/C16H16N4OS/c1-3-10(2)13-15(21)20-14(19-13)11-6-4-5-7-12(11)18-16(20)22-9-8-17/h4-7,10,13H,3,9H2,1-2H3. The molecule has 0 saturated carbocycles. The number of nitrogens with zero attached hydrogens (tertiary/aromatic N) is 4. The zero-order valence-electron chi connectivity index (χ0n) is 12.5. The second-order valence-corrected chi connectivity index (χ2v) is 6.26. The first kappa shape index (κ1) is 14.8. The number of para-hydroxylation sites is 1. The van der Waals surface area contributed by atoms with Crippen LogP contribution in [0, 0.1) is 17.2 Å². The molecule has 0 aromatic heterocycles. The molecular weight excluding hydrogens is 296 g/mol. The minimum atomic E-state index is -0.362. The van der Waals surface area contributed by atoms with Crippen molar-refractivity contribution < 1.29 is 4.79 Å². The Kier molecular flexibility index (Phi) is 3.99. The van der Waals surface area contributed by atoms with Gasteiger partial charge in [0.25, 0.3) is 5.91 Å². The van der Waals surface area contributed by atoms with E-state index in [-0.39, 0.29) is 23.6 Å². The smallest absolute Gasteiger partial charge is 0.259 e. The Labute approximate surface area is 133 Å². The maximum Gasteiger partial charge on any atom is 0.259 e. The van der Waals surface area contributed by atoms with Gasteiger partial charge < -0.3 is 0 Å². The maximum absolute atomic E-state index is 12.8. The number of carbonyl (C=O) groups excluding carboxylic acids is 1. The summed E-state index contributed by atoms with van der Waals surface area (Å²) in [6.07, 6.45) is 0.889. The summed E-state index contributed by atoms with van der Waals surface area (Å²) in [6.45, 7) is 4.10. The molecule has 1 aromatic carbocycles. The highest BCUT2D eigenvalue weighted by atomic mass is 32.2. The molecule has 0 bridgehead atoms. The number of hydrogen-bond acceptors (Lipinski definition) is 5. The van der Waals surface area contributed by atoms with Crippen LogP contribution in [0.15, 0.2) is 34.3 Å². The fourth-order valence-corrected chi connectivity index (χ4v) is 3.22. The zero-order chi connectivity index (χ0) is 15.7. The van der Waals surface area contributed by atoms with Crippen LogP contribution in [0.5, 0.6) is 0 Å². The fourth-order valence-electron chi connectivity index (χ4n) is 2.56. The number of amides is 1. The molecule has 2 unspecified atom stereocenters. The van der Waals surface area contributed by atoms with Crippen LogP contribution in [-0.2, 0) is 4.79 Å². The molecular formula is C16H16N4OS. The van der Waals surface area contributed by atoms with Crippen molar-refractivity contribution in [3.8, 4) is 6.07 Å². The minimum Gasteiger partial charge on any atom is -0.271 e. The molecule has 0 saturated heterocycles. The average molecular weight is 312 g/mol. The van der Waals surface area contributed by atoms with E-state index in [4.69, 9.17) is 5.26 Å². The summed E-state index contributed by atoms with van der Waals surface area (Å²) < 4.78 is 0. The van der Waals surface area contributed by atoms with E-state index >= 15 is 0 Å². The predicted octanol–water partition coefficient (Wildman–Crippen LogP) is 2.95. The highest BCUT2D eigenvalue weighted by Gasteiger charge is 2.42. The molecule has 0 radical (unpaired) electrons. The second-order valence-electron chi connectivity index (χ2n) is 5.32. The Balaban J connectivity index is 2.08. The van der Waals surface area contributed by atoms with Crippen molar-refractivity contribution in [3.05, 3.63) is 29.8 Å². The first-order chi connectivity index (χ1) is 10.7. The van der Waals surface area contributed by atoms with E-state index in [2.05, 4.69) is 23.0 Å². The molecule has 0 spiro atoms. The monoisotopic (exact) mass is 312 g/mol. The average Bonchev–Trinajstić information content (AvgIpc) is 2.90. The normalized spacial score (nSPS) is 20.7. The van der Waals surface area contributed by atoms with Crippen molar-refractivity contribution in [2.24, 2.45) is 15.9 Å². The van der Waals surface area contributed by atoms with E-state index in [1.165, 1.54) is 11.8 Å². The molecule has 5 nitrogen and oxygen atoms in total. The number of amidine groups is 2. The molecule has 112 valence electrons. The molecule has 1 amide bonds. The Morgan fingerprint density at radius 2 is 2.23 bits per heavy atom. The number of benzene rings is 1. The molecule has 2 heterocycles. The molecule has 0 fully saturated rings. The first-order valence-electron chi connectivity index (χ1n) is 7.27. The number of hydrogen-bond donors (Lipinski definition) is 0. The van der Waals surface area contributed by atoms with Gasteiger partial charge in [-0.1, -0.05) is 44.2 Å². The summed E-state index contributed by atoms with van der Waals surface area (Å²) in [5.74, 6) is 1.07. The lowest BCUT2D eigenvalue weighted by Crippen LogP contribution is -2.42. The maximum atomic E-state index is 12.8. The summed E-state index contributed by atoms with van der Waals surface area (Å²) in [5, 5.41) is 9.37.